The van der Waals surface area contributed by atoms with Crippen molar-refractivity contribution in [3.8, 4) is 11.5 Å². The van der Waals surface area contributed by atoms with Gasteiger partial charge in [0.05, 0.1) is 24.3 Å². The molecule has 0 bridgehead atoms. The lowest BCUT2D eigenvalue weighted by Gasteiger charge is -2.36. The van der Waals surface area contributed by atoms with Crippen LogP contribution in [-0.2, 0) is 14.3 Å². The number of piperidine rings is 1. The Morgan fingerprint density at radius 2 is 1.79 bits per heavy atom. The van der Waals surface area contributed by atoms with Gasteiger partial charge in [0, 0.05) is 17.9 Å². The van der Waals surface area contributed by atoms with Crippen molar-refractivity contribution in [2.45, 2.75) is 44.9 Å². The molecular formula is C31H37N3O5. The first-order chi connectivity index (χ1) is 19.0. The number of allylic oxidation sites excluding steroid dienone is 3. The third-order valence-electron chi connectivity index (χ3n) is 8.03. The van der Waals surface area contributed by atoms with Crippen molar-refractivity contribution in [1.29, 1.82) is 0 Å². The third kappa shape index (κ3) is 5.66. The maximum atomic E-state index is 13.0. The molecule has 39 heavy (non-hydrogen) atoms. The molecule has 0 spiro atoms. The van der Waals surface area contributed by atoms with Crippen LogP contribution < -0.4 is 14.8 Å². The van der Waals surface area contributed by atoms with Gasteiger partial charge in [0.1, 0.15) is 0 Å². The van der Waals surface area contributed by atoms with Crippen molar-refractivity contribution in [2.75, 3.05) is 40.1 Å². The van der Waals surface area contributed by atoms with Crippen molar-refractivity contribution >= 4 is 12.4 Å². The van der Waals surface area contributed by atoms with E-state index in [1.54, 1.807) is 4.90 Å². The zero-order valence-electron chi connectivity index (χ0n) is 22.9. The number of fused-ring (bicyclic) bond motifs is 1. The molecule has 1 fully saturated rings. The van der Waals surface area contributed by atoms with Crippen LogP contribution in [-0.4, -0.2) is 62.3 Å². The zero-order valence-corrected chi connectivity index (χ0v) is 22.9. The fourth-order valence-electron chi connectivity index (χ4n) is 6.07. The van der Waals surface area contributed by atoms with Crippen LogP contribution in [0, 0.1) is 0 Å². The molecule has 0 aliphatic carbocycles. The standard InChI is InChI=1S/C31H37N3O5/c1-21-28(31(36)37-3)29(25-10-11-26-27(18-25)39-20-38-26)30(22(2)32-21)34(19-35)15-7-14-33-16-12-24(13-17-33)23-8-5-4-6-9-23/h4-6,8-11,18-19,24,29,32H,7,12-17,20H2,1-3H3. The van der Waals surface area contributed by atoms with E-state index in [4.69, 9.17) is 14.2 Å². The average Bonchev–Trinajstić information content (AvgIpc) is 3.44. The largest absolute Gasteiger partial charge is 0.466 e. The lowest BCUT2D eigenvalue weighted by molar-refractivity contribution is -0.136. The summed E-state index contributed by atoms with van der Waals surface area (Å²) in [6, 6.07) is 16.4. The molecule has 2 aromatic carbocycles. The summed E-state index contributed by atoms with van der Waals surface area (Å²) < 4.78 is 16.3. The van der Waals surface area contributed by atoms with Crippen molar-refractivity contribution < 1.29 is 23.8 Å². The number of amides is 1. The smallest absolute Gasteiger partial charge is 0.336 e. The summed E-state index contributed by atoms with van der Waals surface area (Å²) >= 11 is 0. The summed E-state index contributed by atoms with van der Waals surface area (Å²) in [5.41, 5.74) is 5.03. The molecule has 1 N–H and O–H groups in total. The molecule has 0 saturated carbocycles. The van der Waals surface area contributed by atoms with Gasteiger partial charge >= 0.3 is 5.97 Å². The number of benzene rings is 2. The van der Waals surface area contributed by atoms with E-state index in [9.17, 15) is 9.59 Å². The number of esters is 1. The molecule has 0 radical (unpaired) electrons. The Kier molecular flexibility index (Phi) is 8.21. The minimum Gasteiger partial charge on any atom is -0.466 e. The first-order valence-corrected chi connectivity index (χ1v) is 13.7. The van der Waals surface area contributed by atoms with Gasteiger partial charge in [-0.15, -0.1) is 0 Å². The van der Waals surface area contributed by atoms with E-state index in [-0.39, 0.29) is 6.79 Å². The van der Waals surface area contributed by atoms with Crippen LogP contribution in [0.15, 0.2) is 71.2 Å². The van der Waals surface area contributed by atoms with E-state index in [1.807, 2.05) is 32.0 Å². The number of hydrogen-bond donors (Lipinski definition) is 1. The molecule has 1 amide bonds. The monoisotopic (exact) mass is 531 g/mol. The van der Waals surface area contributed by atoms with Gasteiger partial charge in [-0.3, -0.25) is 4.79 Å². The fraction of sp³-hybridized carbons (Fsp3) is 0.419. The van der Waals surface area contributed by atoms with Gasteiger partial charge < -0.3 is 29.3 Å². The first-order valence-electron chi connectivity index (χ1n) is 13.7. The van der Waals surface area contributed by atoms with Crippen molar-refractivity contribution in [3.63, 3.8) is 0 Å². The molecule has 1 atom stereocenters. The SMILES string of the molecule is COC(=O)C1=C(C)NC(C)=C(N(C=O)CCCN2CCC(c3ccccc3)CC2)C1c1ccc2c(c1)OCO2. The van der Waals surface area contributed by atoms with Gasteiger partial charge in [0.2, 0.25) is 13.2 Å². The van der Waals surface area contributed by atoms with Crippen molar-refractivity contribution in [3.05, 3.63) is 82.3 Å². The molecule has 1 unspecified atom stereocenters. The summed E-state index contributed by atoms with van der Waals surface area (Å²) in [6.07, 6.45) is 4.00. The number of methoxy groups -OCH3 is 1. The zero-order chi connectivity index (χ0) is 27.4. The van der Waals surface area contributed by atoms with Crippen LogP contribution in [0.3, 0.4) is 0 Å². The molecule has 5 rings (SSSR count). The number of nitrogens with zero attached hydrogens (tertiary/aromatic N) is 2. The maximum Gasteiger partial charge on any atom is 0.336 e. The molecule has 206 valence electrons. The predicted molar refractivity (Wildman–Crippen MR) is 148 cm³/mol. The highest BCUT2D eigenvalue weighted by Crippen LogP contribution is 2.43. The second kappa shape index (κ2) is 11.9. The number of dihydropyridines is 1. The van der Waals surface area contributed by atoms with Crippen LogP contribution in [0.2, 0.25) is 0 Å². The third-order valence-corrected chi connectivity index (χ3v) is 8.03. The number of hydrogen-bond acceptors (Lipinski definition) is 7. The number of likely N-dealkylation sites (tertiary alicyclic amines) is 1. The van der Waals surface area contributed by atoms with Gasteiger partial charge in [-0.05, 0) is 81.9 Å². The Labute approximate surface area is 230 Å². The van der Waals surface area contributed by atoms with E-state index in [1.165, 1.54) is 12.7 Å². The summed E-state index contributed by atoms with van der Waals surface area (Å²) in [5, 5.41) is 3.31. The fourth-order valence-corrected chi connectivity index (χ4v) is 6.07. The molecule has 2 aromatic rings. The summed E-state index contributed by atoms with van der Waals surface area (Å²) in [6.45, 7) is 7.53. The van der Waals surface area contributed by atoms with Crippen LogP contribution in [0.1, 0.15) is 56.1 Å². The average molecular weight is 532 g/mol. The van der Waals surface area contributed by atoms with Gasteiger partial charge in [0.15, 0.2) is 11.5 Å². The highest BCUT2D eigenvalue weighted by molar-refractivity contribution is 5.92. The minimum atomic E-state index is -0.486. The topological polar surface area (TPSA) is 80.3 Å². The Bertz CT molecular complexity index is 1260. The van der Waals surface area contributed by atoms with Crippen molar-refractivity contribution in [1.82, 2.24) is 15.1 Å². The Morgan fingerprint density at radius 1 is 1.05 bits per heavy atom. The number of carbonyl (C=O) groups excluding carboxylic acids is 2. The molecule has 8 heteroatoms. The number of rotatable bonds is 9. The summed E-state index contributed by atoms with van der Waals surface area (Å²) in [4.78, 5) is 29.7. The van der Waals surface area contributed by atoms with Crippen LogP contribution in [0.5, 0.6) is 11.5 Å². The van der Waals surface area contributed by atoms with Crippen LogP contribution >= 0.6 is 0 Å². The lowest BCUT2D eigenvalue weighted by atomic mass is 9.83. The van der Waals surface area contributed by atoms with E-state index in [2.05, 4.69) is 40.5 Å². The van der Waals surface area contributed by atoms with Gasteiger partial charge in [-0.1, -0.05) is 36.4 Å². The van der Waals surface area contributed by atoms with E-state index >= 15 is 0 Å². The highest BCUT2D eigenvalue weighted by atomic mass is 16.7. The second-order valence-electron chi connectivity index (χ2n) is 10.4. The molecule has 3 aliphatic rings. The lowest BCUT2D eigenvalue weighted by Crippen LogP contribution is -2.38. The van der Waals surface area contributed by atoms with Crippen molar-refractivity contribution in [2.24, 2.45) is 0 Å². The van der Waals surface area contributed by atoms with Gasteiger partial charge in [-0.2, -0.15) is 0 Å². The summed E-state index contributed by atoms with van der Waals surface area (Å²) in [7, 11) is 1.38. The summed E-state index contributed by atoms with van der Waals surface area (Å²) in [5.74, 6) is 0.990. The maximum absolute atomic E-state index is 13.0. The van der Waals surface area contributed by atoms with E-state index < -0.39 is 11.9 Å². The molecule has 0 aromatic heterocycles. The normalized spacial score (nSPS) is 19.6. The Morgan fingerprint density at radius 3 is 2.51 bits per heavy atom. The first kappa shape index (κ1) is 26.8. The minimum absolute atomic E-state index is 0.161. The molecule has 1 saturated heterocycles. The highest BCUT2D eigenvalue weighted by Gasteiger charge is 2.37. The Balaban J connectivity index is 1.31. The number of nitrogens with one attached hydrogen (secondary N) is 1. The van der Waals surface area contributed by atoms with E-state index in [0.717, 1.165) is 62.3 Å². The van der Waals surface area contributed by atoms with Gasteiger partial charge in [0.25, 0.3) is 0 Å². The van der Waals surface area contributed by atoms with Gasteiger partial charge in [-0.25, -0.2) is 4.79 Å². The molecule has 3 heterocycles. The molecule has 3 aliphatic heterocycles. The molecular weight excluding hydrogens is 494 g/mol. The number of ether oxygens (including phenoxy) is 3. The number of carbonyl (C=O) groups is 2. The Hall–Kier alpha value is -3.78. The second-order valence-corrected chi connectivity index (χ2v) is 10.4. The van der Waals surface area contributed by atoms with E-state index in [0.29, 0.717) is 35.2 Å². The van der Waals surface area contributed by atoms with Crippen LogP contribution in [0.25, 0.3) is 0 Å². The quantitative estimate of drug-likeness (QED) is 0.377. The molecule has 8 nitrogen and oxygen atoms in total. The predicted octanol–water partition coefficient (Wildman–Crippen LogP) is 4.51. The van der Waals surface area contributed by atoms with Crippen LogP contribution in [0.4, 0.5) is 0 Å².